The Morgan fingerprint density at radius 1 is 1.14 bits per heavy atom. The summed E-state index contributed by atoms with van der Waals surface area (Å²) in [6.45, 7) is 0.391. The number of hydrogen-bond acceptors (Lipinski definition) is 3. The Labute approximate surface area is 127 Å². The van der Waals surface area contributed by atoms with Crippen LogP contribution in [0.4, 0.5) is 8.78 Å². The number of nitrogens with zero attached hydrogens (tertiary/aromatic N) is 1. The number of rotatable bonds is 2. The molecule has 2 atom stereocenters. The van der Waals surface area contributed by atoms with E-state index in [-0.39, 0.29) is 31.0 Å². The van der Waals surface area contributed by atoms with Crippen LogP contribution in [0, 0.1) is 17.6 Å². The van der Waals surface area contributed by atoms with E-state index in [4.69, 9.17) is 0 Å². The van der Waals surface area contributed by atoms with Gasteiger partial charge in [-0.25, -0.2) is 17.2 Å². The lowest BCUT2D eigenvalue weighted by Crippen LogP contribution is -2.39. The molecule has 2 saturated heterocycles. The SMILES string of the molecule is O=C1CCCC2CN(S(=O)(=O)c3cc(F)cc(F)c3)CC2N1. The van der Waals surface area contributed by atoms with Gasteiger partial charge in [-0.2, -0.15) is 4.31 Å². The summed E-state index contributed by atoms with van der Waals surface area (Å²) in [4.78, 5) is 11.2. The van der Waals surface area contributed by atoms with E-state index in [1.54, 1.807) is 0 Å². The van der Waals surface area contributed by atoms with Crippen LogP contribution in [-0.4, -0.2) is 37.8 Å². The minimum Gasteiger partial charge on any atom is -0.352 e. The van der Waals surface area contributed by atoms with Gasteiger partial charge in [0.15, 0.2) is 0 Å². The molecule has 8 heteroatoms. The highest BCUT2D eigenvalue weighted by molar-refractivity contribution is 7.89. The van der Waals surface area contributed by atoms with Crippen molar-refractivity contribution in [2.24, 2.45) is 5.92 Å². The molecule has 1 aromatic carbocycles. The van der Waals surface area contributed by atoms with Gasteiger partial charge in [-0.05, 0) is 30.9 Å². The summed E-state index contributed by atoms with van der Waals surface area (Å²) in [7, 11) is -3.97. The Kier molecular flexibility index (Phi) is 3.90. The predicted molar refractivity (Wildman–Crippen MR) is 74.4 cm³/mol. The molecule has 0 aliphatic carbocycles. The second-order valence-corrected chi connectivity index (χ2v) is 7.69. The van der Waals surface area contributed by atoms with Crippen molar-refractivity contribution in [3.8, 4) is 0 Å². The maximum atomic E-state index is 13.3. The molecule has 2 fully saturated rings. The molecule has 2 aliphatic rings. The van der Waals surface area contributed by atoms with Crippen LogP contribution in [0.25, 0.3) is 0 Å². The standard InChI is InChI=1S/C14H16F2N2O3S/c15-10-4-11(16)6-12(5-10)22(20,21)18-7-9-2-1-3-14(19)17-13(9)8-18/h4-6,9,13H,1-3,7-8H2,(H,17,19). The van der Waals surface area contributed by atoms with E-state index in [0.717, 1.165) is 25.0 Å². The summed E-state index contributed by atoms with van der Waals surface area (Å²) >= 11 is 0. The molecule has 0 bridgehead atoms. The van der Waals surface area contributed by atoms with Crippen molar-refractivity contribution >= 4 is 15.9 Å². The Morgan fingerprint density at radius 2 is 1.82 bits per heavy atom. The number of fused-ring (bicyclic) bond motifs is 1. The number of benzene rings is 1. The molecule has 0 spiro atoms. The van der Waals surface area contributed by atoms with Crippen molar-refractivity contribution in [1.29, 1.82) is 0 Å². The molecule has 1 amide bonds. The minimum atomic E-state index is -3.97. The van der Waals surface area contributed by atoms with Gasteiger partial charge >= 0.3 is 0 Å². The van der Waals surface area contributed by atoms with Gasteiger partial charge in [0, 0.05) is 31.6 Å². The van der Waals surface area contributed by atoms with E-state index in [1.165, 1.54) is 4.31 Å². The second-order valence-electron chi connectivity index (χ2n) is 5.75. The molecular weight excluding hydrogens is 314 g/mol. The zero-order chi connectivity index (χ0) is 15.9. The Balaban J connectivity index is 1.86. The first-order chi connectivity index (χ1) is 10.4. The summed E-state index contributed by atoms with van der Waals surface area (Å²) in [5, 5.41) is 2.82. The van der Waals surface area contributed by atoms with Crippen LogP contribution in [0.3, 0.4) is 0 Å². The van der Waals surface area contributed by atoms with Crippen LogP contribution in [-0.2, 0) is 14.8 Å². The molecule has 2 aliphatic heterocycles. The first-order valence-corrected chi connectivity index (χ1v) is 8.56. The van der Waals surface area contributed by atoms with Crippen LogP contribution < -0.4 is 5.32 Å². The summed E-state index contributed by atoms with van der Waals surface area (Å²) in [5.41, 5.74) is 0. The second kappa shape index (κ2) is 5.58. The topological polar surface area (TPSA) is 66.5 Å². The van der Waals surface area contributed by atoms with Crippen molar-refractivity contribution in [3.05, 3.63) is 29.8 Å². The predicted octanol–water partition coefficient (Wildman–Crippen LogP) is 1.25. The highest BCUT2D eigenvalue weighted by atomic mass is 32.2. The molecule has 2 heterocycles. The van der Waals surface area contributed by atoms with Crippen LogP contribution >= 0.6 is 0 Å². The maximum absolute atomic E-state index is 13.3. The molecule has 22 heavy (non-hydrogen) atoms. The van der Waals surface area contributed by atoms with E-state index in [1.807, 2.05) is 0 Å². The first-order valence-electron chi connectivity index (χ1n) is 7.12. The summed E-state index contributed by atoms with van der Waals surface area (Å²) in [6, 6.07) is 2.02. The molecule has 2 unspecified atom stereocenters. The fraction of sp³-hybridized carbons (Fsp3) is 0.500. The van der Waals surface area contributed by atoms with E-state index < -0.39 is 26.6 Å². The number of carbonyl (C=O) groups is 1. The highest BCUT2D eigenvalue weighted by Gasteiger charge is 2.41. The molecular formula is C14H16F2N2O3S. The summed E-state index contributed by atoms with van der Waals surface area (Å²) in [5.74, 6) is -1.90. The van der Waals surface area contributed by atoms with Gasteiger partial charge in [-0.1, -0.05) is 0 Å². The third kappa shape index (κ3) is 2.85. The number of sulfonamides is 1. The monoisotopic (exact) mass is 330 g/mol. The minimum absolute atomic E-state index is 0.0413. The maximum Gasteiger partial charge on any atom is 0.243 e. The van der Waals surface area contributed by atoms with Crippen molar-refractivity contribution in [2.75, 3.05) is 13.1 Å². The van der Waals surface area contributed by atoms with Crippen molar-refractivity contribution in [1.82, 2.24) is 9.62 Å². The average molecular weight is 330 g/mol. The lowest BCUT2D eigenvalue weighted by atomic mass is 9.99. The molecule has 3 rings (SSSR count). The average Bonchev–Trinajstić information content (AvgIpc) is 2.73. The first kappa shape index (κ1) is 15.4. The number of amides is 1. The van der Waals surface area contributed by atoms with Gasteiger partial charge in [-0.3, -0.25) is 4.79 Å². The lowest BCUT2D eigenvalue weighted by Gasteiger charge is -2.17. The molecule has 0 aromatic heterocycles. The van der Waals surface area contributed by atoms with Gasteiger partial charge in [-0.15, -0.1) is 0 Å². The zero-order valence-corrected chi connectivity index (χ0v) is 12.6. The van der Waals surface area contributed by atoms with E-state index in [2.05, 4.69) is 5.32 Å². The Morgan fingerprint density at radius 3 is 2.50 bits per heavy atom. The smallest absolute Gasteiger partial charge is 0.243 e. The Bertz CT molecular complexity index is 688. The third-order valence-electron chi connectivity index (χ3n) is 4.21. The molecule has 0 saturated carbocycles. The molecule has 1 N–H and O–H groups in total. The van der Waals surface area contributed by atoms with Crippen molar-refractivity contribution < 1.29 is 22.0 Å². The fourth-order valence-corrected chi connectivity index (χ4v) is 4.68. The van der Waals surface area contributed by atoms with E-state index in [9.17, 15) is 22.0 Å². The fourth-order valence-electron chi connectivity index (χ4n) is 3.11. The molecule has 120 valence electrons. The normalized spacial score (nSPS) is 26.4. The molecule has 1 aromatic rings. The van der Waals surface area contributed by atoms with Crippen molar-refractivity contribution in [3.63, 3.8) is 0 Å². The highest BCUT2D eigenvalue weighted by Crippen LogP contribution is 2.30. The van der Waals surface area contributed by atoms with Crippen LogP contribution in [0.5, 0.6) is 0 Å². The number of nitrogens with one attached hydrogen (secondary N) is 1. The number of carbonyl (C=O) groups excluding carboxylic acids is 1. The van der Waals surface area contributed by atoms with E-state index >= 15 is 0 Å². The zero-order valence-electron chi connectivity index (χ0n) is 11.8. The third-order valence-corrected chi connectivity index (χ3v) is 6.02. The van der Waals surface area contributed by atoms with Gasteiger partial charge in [0.05, 0.1) is 4.90 Å². The molecule has 5 nitrogen and oxygen atoms in total. The van der Waals surface area contributed by atoms with Gasteiger partial charge in [0.1, 0.15) is 11.6 Å². The van der Waals surface area contributed by atoms with Crippen LogP contribution in [0.2, 0.25) is 0 Å². The quantitative estimate of drug-likeness (QED) is 0.888. The van der Waals surface area contributed by atoms with E-state index in [0.29, 0.717) is 12.5 Å². The van der Waals surface area contributed by atoms with Gasteiger partial charge in [0.25, 0.3) is 0 Å². The van der Waals surface area contributed by atoms with Crippen molar-refractivity contribution in [2.45, 2.75) is 30.2 Å². The summed E-state index contributed by atoms with van der Waals surface area (Å²) < 4.78 is 52.8. The lowest BCUT2D eigenvalue weighted by molar-refractivity contribution is -0.121. The van der Waals surface area contributed by atoms with Gasteiger partial charge in [0.2, 0.25) is 15.9 Å². The van der Waals surface area contributed by atoms with Gasteiger partial charge < -0.3 is 5.32 Å². The number of hydrogen-bond donors (Lipinski definition) is 1. The van der Waals surface area contributed by atoms with Crippen LogP contribution in [0.15, 0.2) is 23.1 Å². The largest absolute Gasteiger partial charge is 0.352 e. The van der Waals surface area contributed by atoms with Crippen LogP contribution in [0.1, 0.15) is 19.3 Å². The Hall–Kier alpha value is -1.54. The summed E-state index contributed by atoms with van der Waals surface area (Å²) in [6.07, 6.45) is 1.93. The number of halogens is 2. The molecule has 0 radical (unpaired) electrons.